The van der Waals surface area contributed by atoms with Crippen LogP contribution < -0.4 is 5.32 Å². The molecule has 0 spiro atoms. The van der Waals surface area contributed by atoms with Gasteiger partial charge in [-0.15, -0.1) is 11.8 Å². The average Bonchev–Trinajstić information content (AvgIpc) is 2.35. The highest BCUT2D eigenvalue weighted by Crippen LogP contribution is 2.23. The minimum atomic E-state index is 0.0820. The van der Waals surface area contributed by atoms with Crippen molar-refractivity contribution < 1.29 is 4.79 Å². The first-order chi connectivity index (χ1) is 8.58. The van der Waals surface area contributed by atoms with Crippen molar-refractivity contribution in [3.63, 3.8) is 0 Å². The molecular formula is C15H23NOS. The Kier molecular flexibility index (Phi) is 6.44. The molecule has 0 aliphatic heterocycles. The van der Waals surface area contributed by atoms with Gasteiger partial charge in [-0.2, -0.15) is 0 Å². The summed E-state index contributed by atoms with van der Waals surface area (Å²) in [5.74, 6) is 0.326. The molecule has 1 atom stereocenters. The number of benzene rings is 1. The van der Waals surface area contributed by atoms with Gasteiger partial charge in [0.1, 0.15) is 0 Å². The topological polar surface area (TPSA) is 29.1 Å². The van der Waals surface area contributed by atoms with Crippen LogP contribution in [-0.4, -0.2) is 24.6 Å². The number of Topliss-reactive ketones (excluding diaryl/α,β-unsaturated/α-hetero) is 1. The lowest BCUT2D eigenvalue weighted by molar-refractivity contribution is 0.0916. The molecule has 0 aromatic heterocycles. The molecule has 0 heterocycles. The van der Waals surface area contributed by atoms with E-state index in [9.17, 15) is 4.79 Å². The van der Waals surface area contributed by atoms with E-state index < -0.39 is 0 Å². The van der Waals surface area contributed by atoms with Gasteiger partial charge in [0.05, 0.1) is 0 Å². The molecule has 0 aliphatic rings. The number of ketones is 1. The first kappa shape index (κ1) is 15.3. The highest BCUT2D eigenvalue weighted by atomic mass is 32.2. The standard InChI is InChI=1S/C15H23NOS/c1-5-12(10-16-4)15(17)13-6-8-14(9-7-13)18-11(2)3/h6-9,11-12,16H,5,10H2,1-4H3. The highest BCUT2D eigenvalue weighted by molar-refractivity contribution is 7.99. The van der Waals surface area contributed by atoms with Crippen molar-refractivity contribution in [2.75, 3.05) is 13.6 Å². The van der Waals surface area contributed by atoms with Crippen molar-refractivity contribution in [3.05, 3.63) is 29.8 Å². The van der Waals surface area contributed by atoms with Gasteiger partial charge in [-0.1, -0.05) is 32.9 Å². The molecule has 3 heteroatoms. The Morgan fingerprint density at radius 3 is 2.33 bits per heavy atom. The van der Waals surface area contributed by atoms with Gasteiger partial charge in [0.15, 0.2) is 5.78 Å². The van der Waals surface area contributed by atoms with Crippen LogP contribution >= 0.6 is 11.8 Å². The fourth-order valence-corrected chi connectivity index (χ4v) is 2.71. The zero-order valence-corrected chi connectivity index (χ0v) is 12.5. The lowest BCUT2D eigenvalue weighted by Gasteiger charge is -2.13. The molecule has 1 unspecified atom stereocenters. The summed E-state index contributed by atoms with van der Waals surface area (Å²) in [7, 11) is 1.89. The Hall–Kier alpha value is -0.800. The van der Waals surface area contributed by atoms with Crippen LogP contribution in [-0.2, 0) is 0 Å². The third-order valence-electron chi connectivity index (χ3n) is 2.82. The summed E-state index contributed by atoms with van der Waals surface area (Å²) in [6.07, 6.45) is 0.877. The maximum absolute atomic E-state index is 12.3. The average molecular weight is 265 g/mol. The number of carbonyl (C=O) groups excluding carboxylic acids is 1. The van der Waals surface area contributed by atoms with Crippen LogP contribution in [0.15, 0.2) is 29.2 Å². The van der Waals surface area contributed by atoms with E-state index >= 15 is 0 Å². The van der Waals surface area contributed by atoms with Gasteiger partial charge in [-0.25, -0.2) is 0 Å². The second-order valence-corrected chi connectivity index (χ2v) is 6.37. The van der Waals surface area contributed by atoms with Gasteiger partial charge in [0.25, 0.3) is 0 Å². The van der Waals surface area contributed by atoms with Crippen LogP contribution in [0.25, 0.3) is 0 Å². The second kappa shape index (κ2) is 7.59. The van der Waals surface area contributed by atoms with Gasteiger partial charge in [-0.05, 0) is 25.6 Å². The normalized spacial score (nSPS) is 12.7. The zero-order chi connectivity index (χ0) is 13.5. The Balaban J connectivity index is 2.74. The smallest absolute Gasteiger partial charge is 0.167 e. The molecule has 0 fully saturated rings. The predicted octanol–water partition coefficient (Wildman–Crippen LogP) is 3.62. The first-order valence-corrected chi connectivity index (χ1v) is 7.42. The number of carbonyl (C=O) groups is 1. The molecule has 0 bridgehead atoms. The maximum Gasteiger partial charge on any atom is 0.167 e. The molecule has 2 nitrogen and oxygen atoms in total. The Morgan fingerprint density at radius 1 is 1.28 bits per heavy atom. The van der Waals surface area contributed by atoms with E-state index in [1.807, 2.05) is 43.1 Å². The van der Waals surface area contributed by atoms with E-state index in [-0.39, 0.29) is 11.7 Å². The third-order valence-corrected chi connectivity index (χ3v) is 3.84. The molecule has 0 radical (unpaired) electrons. The van der Waals surface area contributed by atoms with Crippen LogP contribution in [0.4, 0.5) is 0 Å². The minimum absolute atomic E-state index is 0.0820. The maximum atomic E-state index is 12.3. The van der Waals surface area contributed by atoms with Crippen LogP contribution in [0.2, 0.25) is 0 Å². The van der Waals surface area contributed by atoms with Crippen molar-refractivity contribution in [3.8, 4) is 0 Å². The lowest BCUT2D eigenvalue weighted by Crippen LogP contribution is -2.25. The number of hydrogen-bond acceptors (Lipinski definition) is 3. The van der Waals surface area contributed by atoms with Gasteiger partial charge in [0.2, 0.25) is 0 Å². The van der Waals surface area contributed by atoms with Crippen LogP contribution in [0.5, 0.6) is 0 Å². The quantitative estimate of drug-likeness (QED) is 0.603. The van der Waals surface area contributed by atoms with E-state index in [4.69, 9.17) is 0 Å². The minimum Gasteiger partial charge on any atom is -0.319 e. The summed E-state index contributed by atoms with van der Waals surface area (Å²) in [5.41, 5.74) is 0.824. The summed E-state index contributed by atoms with van der Waals surface area (Å²) in [6.45, 7) is 7.15. The number of hydrogen-bond donors (Lipinski definition) is 1. The fourth-order valence-electron chi connectivity index (χ4n) is 1.87. The molecule has 1 aromatic carbocycles. The van der Waals surface area contributed by atoms with Gasteiger partial charge >= 0.3 is 0 Å². The molecule has 1 N–H and O–H groups in total. The van der Waals surface area contributed by atoms with Crippen molar-refractivity contribution in [2.45, 2.75) is 37.3 Å². The molecule has 0 saturated carbocycles. The summed E-state index contributed by atoms with van der Waals surface area (Å²) in [5, 5.41) is 3.65. The van der Waals surface area contributed by atoms with E-state index in [1.54, 1.807) is 0 Å². The summed E-state index contributed by atoms with van der Waals surface area (Å²) < 4.78 is 0. The van der Waals surface area contributed by atoms with Gasteiger partial charge in [-0.3, -0.25) is 4.79 Å². The van der Waals surface area contributed by atoms with E-state index in [2.05, 4.69) is 26.1 Å². The van der Waals surface area contributed by atoms with Crippen LogP contribution in [0.1, 0.15) is 37.6 Å². The van der Waals surface area contributed by atoms with E-state index in [0.29, 0.717) is 5.25 Å². The monoisotopic (exact) mass is 265 g/mol. The molecule has 100 valence electrons. The summed E-state index contributed by atoms with van der Waals surface area (Å²) >= 11 is 1.82. The highest BCUT2D eigenvalue weighted by Gasteiger charge is 2.17. The number of nitrogens with one attached hydrogen (secondary N) is 1. The summed E-state index contributed by atoms with van der Waals surface area (Å²) in [6, 6.07) is 7.99. The molecule has 1 rings (SSSR count). The zero-order valence-electron chi connectivity index (χ0n) is 11.7. The lowest BCUT2D eigenvalue weighted by atomic mass is 9.95. The van der Waals surface area contributed by atoms with E-state index in [0.717, 1.165) is 18.5 Å². The Bertz CT molecular complexity index is 373. The van der Waals surface area contributed by atoms with Gasteiger partial charge < -0.3 is 5.32 Å². The van der Waals surface area contributed by atoms with Crippen molar-refractivity contribution >= 4 is 17.5 Å². The van der Waals surface area contributed by atoms with Crippen molar-refractivity contribution in [2.24, 2.45) is 5.92 Å². The van der Waals surface area contributed by atoms with E-state index in [1.165, 1.54) is 4.90 Å². The van der Waals surface area contributed by atoms with Crippen molar-refractivity contribution in [1.82, 2.24) is 5.32 Å². The Morgan fingerprint density at radius 2 is 1.89 bits per heavy atom. The molecule has 18 heavy (non-hydrogen) atoms. The fraction of sp³-hybridized carbons (Fsp3) is 0.533. The SMILES string of the molecule is CCC(CNC)C(=O)c1ccc(SC(C)C)cc1. The van der Waals surface area contributed by atoms with Gasteiger partial charge in [0, 0.05) is 28.2 Å². The molecule has 0 saturated heterocycles. The third kappa shape index (κ3) is 4.46. The van der Waals surface area contributed by atoms with Crippen LogP contribution in [0, 0.1) is 5.92 Å². The Labute approximate surface area is 115 Å². The second-order valence-electron chi connectivity index (χ2n) is 4.72. The predicted molar refractivity (Wildman–Crippen MR) is 79.5 cm³/mol. The molecule has 0 aliphatic carbocycles. The molecular weight excluding hydrogens is 242 g/mol. The largest absolute Gasteiger partial charge is 0.319 e. The summed E-state index contributed by atoms with van der Waals surface area (Å²) in [4.78, 5) is 13.5. The molecule has 0 amide bonds. The number of thioether (sulfide) groups is 1. The first-order valence-electron chi connectivity index (χ1n) is 6.54. The number of rotatable bonds is 7. The van der Waals surface area contributed by atoms with Crippen LogP contribution in [0.3, 0.4) is 0 Å². The van der Waals surface area contributed by atoms with Crippen molar-refractivity contribution in [1.29, 1.82) is 0 Å². The molecule has 1 aromatic rings.